The summed E-state index contributed by atoms with van der Waals surface area (Å²) in [6.07, 6.45) is 0.762. The second-order valence-corrected chi connectivity index (χ2v) is 12.0. The SMILES string of the molecule is CC(C)CN(CC(=O)N1CCc2sccc2C1c1ccc(Cl)cc1)S(=O)(=O)c1ccccc1. The Hall–Kier alpha value is -2.19. The van der Waals surface area contributed by atoms with Crippen LogP contribution in [0.25, 0.3) is 0 Å². The minimum atomic E-state index is -3.80. The van der Waals surface area contributed by atoms with Gasteiger partial charge in [-0.2, -0.15) is 4.31 Å². The maximum absolute atomic E-state index is 13.6. The number of hydrogen-bond donors (Lipinski definition) is 0. The predicted octanol–water partition coefficient (Wildman–Crippen LogP) is 5.22. The van der Waals surface area contributed by atoms with Crippen LogP contribution in [0.5, 0.6) is 0 Å². The van der Waals surface area contributed by atoms with Crippen molar-refractivity contribution in [3.63, 3.8) is 0 Å². The van der Waals surface area contributed by atoms with Gasteiger partial charge in [0.2, 0.25) is 15.9 Å². The standard InChI is InChI=1S/C25H27ClN2O3S2/c1-18(2)16-27(33(30,31)21-6-4-3-5-7-21)17-24(29)28-14-12-23-22(13-15-32-23)25(28)19-8-10-20(26)11-9-19/h3-11,13,15,18,25H,12,14,16-17H2,1-2H3. The molecule has 4 rings (SSSR count). The van der Waals surface area contributed by atoms with Crippen LogP contribution >= 0.6 is 22.9 Å². The molecule has 0 saturated carbocycles. The van der Waals surface area contributed by atoms with E-state index in [2.05, 4.69) is 6.07 Å². The highest BCUT2D eigenvalue weighted by Crippen LogP contribution is 2.38. The molecule has 3 aromatic rings. The van der Waals surface area contributed by atoms with Crippen LogP contribution < -0.4 is 0 Å². The number of hydrogen-bond acceptors (Lipinski definition) is 4. The molecular weight excluding hydrogens is 476 g/mol. The molecule has 2 heterocycles. The Kier molecular flexibility index (Phi) is 7.24. The first-order valence-corrected chi connectivity index (χ1v) is 13.6. The highest BCUT2D eigenvalue weighted by molar-refractivity contribution is 7.89. The summed E-state index contributed by atoms with van der Waals surface area (Å²) >= 11 is 7.80. The number of nitrogens with zero attached hydrogens (tertiary/aromatic N) is 2. The molecule has 0 fully saturated rings. The maximum Gasteiger partial charge on any atom is 0.243 e. The molecule has 0 spiro atoms. The number of rotatable bonds is 7. The molecule has 0 radical (unpaired) electrons. The number of fused-ring (bicyclic) bond motifs is 1. The zero-order valence-corrected chi connectivity index (χ0v) is 21.0. The summed E-state index contributed by atoms with van der Waals surface area (Å²) in [4.78, 5) is 16.9. The van der Waals surface area contributed by atoms with Gasteiger partial charge in [0.1, 0.15) is 0 Å². The van der Waals surface area contributed by atoms with E-state index in [4.69, 9.17) is 11.6 Å². The van der Waals surface area contributed by atoms with Crippen molar-refractivity contribution in [2.45, 2.75) is 31.2 Å². The van der Waals surface area contributed by atoms with Crippen LogP contribution in [0, 0.1) is 5.92 Å². The molecule has 8 heteroatoms. The molecule has 5 nitrogen and oxygen atoms in total. The van der Waals surface area contributed by atoms with E-state index in [0.29, 0.717) is 11.6 Å². The molecule has 1 amide bonds. The molecule has 1 unspecified atom stereocenters. The van der Waals surface area contributed by atoms with E-state index in [0.717, 1.165) is 17.5 Å². The van der Waals surface area contributed by atoms with Gasteiger partial charge in [-0.3, -0.25) is 4.79 Å². The van der Waals surface area contributed by atoms with Crippen molar-refractivity contribution in [2.24, 2.45) is 5.92 Å². The summed E-state index contributed by atoms with van der Waals surface area (Å²) < 4.78 is 28.1. The van der Waals surface area contributed by atoms with Crippen LogP contribution in [-0.2, 0) is 21.2 Å². The Morgan fingerprint density at radius 1 is 1.12 bits per heavy atom. The fourth-order valence-corrected chi connectivity index (χ4v) is 6.83. The van der Waals surface area contributed by atoms with Crippen molar-refractivity contribution in [1.29, 1.82) is 0 Å². The maximum atomic E-state index is 13.6. The van der Waals surface area contributed by atoms with E-state index < -0.39 is 10.0 Å². The molecule has 33 heavy (non-hydrogen) atoms. The van der Waals surface area contributed by atoms with Crippen molar-refractivity contribution in [2.75, 3.05) is 19.6 Å². The van der Waals surface area contributed by atoms with Gasteiger partial charge in [-0.15, -0.1) is 11.3 Å². The molecule has 174 valence electrons. The lowest BCUT2D eigenvalue weighted by molar-refractivity contribution is -0.133. The Labute approximate surface area is 204 Å². The number of sulfonamides is 1. The number of amides is 1. The third-order valence-electron chi connectivity index (χ3n) is 5.73. The van der Waals surface area contributed by atoms with Crippen molar-refractivity contribution >= 4 is 38.9 Å². The van der Waals surface area contributed by atoms with E-state index in [1.54, 1.807) is 41.7 Å². The molecule has 0 aliphatic carbocycles. The average molecular weight is 503 g/mol. The topological polar surface area (TPSA) is 57.7 Å². The zero-order chi connectivity index (χ0) is 23.6. The summed E-state index contributed by atoms with van der Waals surface area (Å²) in [5, 5.41) is 2.68. The van der Waals surface area contributed by atoms with Crippen LogP contribution in [0.2, 0.25) is 5.02 Å². The first-order valence-electron chi connectivity index (χ1n) is 10.9. The molecule has 1 aromatic heterocycles. The van der Waals surface area contributed by atoms with E-state index in [-0.39, 0.29) is 35.9 Å². The quantitative estimate of drug-likeness (QED) is 0.445. The minimum Gasteiger partial charge on any atom is -0.330 e. The number of benzene rings is 2. The second kappa shape index (κ2) is 9.97. The highest BCUT2D eigenvalue weighted by Gasteiger charge is 2.35. The molecule has 1 aliphatic heterocycles. The van der Waals surface area contributed by atoms with Gasteiger partial charge in [-0.25, -0.2) is 8.42 Å². The number of carbonyl (C=O) groups is 1. The van der Waals surface area contributed by atoms with Crippen molar-refractivity contribution in [1.82, 2.24) is 9.21 Å². The average Bonchev–Trinajstić information content (AvgIpc) is 3.28. The Balaban J connectivity index is 1.66. The third-order valence-corrected chi connectivity index (χ3v) is 8.81. The second-order valence-electron chi connectivity index (χ2n) is 8.59. The Morgan fingerprint density at radius 3 is 2.48 bits per heavy atom. The lowest BCUT2D eigenvalue weighted by Crippen LogP contribution is -2.47. The smallest absolute Gasteiger partial charge is 0.243 e. The normalized spacial score (nSPS) is 16.3. The molecule has 2 aromatic carbocycles. The van der Waals surface area contributed by atoms with Gasteiger partial charge in [0.05, 0.1) is 17.5 Å². The summed E-state index contributed by atoms with van der Waals surface area (Å²) in [6.45, 7) is 4.52. The lowest BCUT2D eigenvalue weighted by atomic mass is 9.93. The predicted molar refractivity (Wildman–Crippen MR) is 133 cm³/mol. The first-order chi connectivity index (χ1) is 15.8. The van der Waals surface area contributed by atoms with Crippen LogP contribution in [0.15, 0.2) is 70.9 Å². The fraction of sp³-hybridized carbons (Fsp3) is 0.320. The van der Waals surface area contributed by atoms with Gasteiger partial charge in [0.15, 0.2) is 0 Å². The molecule has 0 bridgehead atoms. The van der Waals surface area contributed by atoms with Crippen LogP contribution in [-0.4, -0.2) is 43.2 Å². The third kappa shape index (κ3) is 5.17. The van der Waals surface area contributed by atoms with Crippen LogP contribution in [0.4, 0.5) is 0 Å². The van der Waals surface area contributed by atoms with Gasteiger partial charge in [0, 0.05) is 23.0 Å². The van der Waals surface area contributed by atoms with Gasteiger partial charge in [-0.1, -0.05) is 55.8 Å². The largest absolute Gasteiger partial charge is 0.330 e. The number of thiophene rings is 1. The Morgan fingerprint density at radius 2 is 1.82 bits per heavy atom. The van der Waals surface area contributed by atoms with Gasteiger partial charge in [0.25, 0.3) is 0 Å². The molecular formula is C25H27ClN2O3S2. The first kappa shape index (κ1) is 24.0. The van der Waals surface area contributed by atoms with E-state index in [1.165, 1.54) is 9.18 Å². The van der Waals surface area contributed by atoms with Crippen molar-refractivity contribution in [3.05, 3.63) is 87.1 Å². The summed E-state index contributed by atoms with van der Waals surface area (Å²) in [7, 11) is -3.80. The number of halogens is 1. The van der Waals surface area contributed by atoms with Gasteiger partial charge >= 0.3 is 0 Å². The van der Waals surface area contributed by atoms with Gasteiger partial charge < -0.3 is 4.90 Å². The minimum absolute atomic E-state index is 0.0770. The molecule has 1 atom stereocenters. The van der Waals surface area contributed by atoms with Crippen LogP contribution in [0.1, 0.15) is 35.9 Å². The monoisotopic (exact) mass is 502 g/mol. The number of carbonyl (C=O) groups excluding carboxylic acids is 1. The molecule has 0 saturated heterocycles. The summed E-state index contributed by atoms with van der Waals surface area (Å²) in [5.74, 6) is -0.125. The Bertz CT molecular complexity index is 1210. The lowest BCUT2D eigenvalue weighted by Gasteiger charge is -2.37. The van der Waals surface area contributed by atoms with Crippen molar-refractivity contribution < 1.29 is 13.2 Å². The fourth-order valence-electron chi connectivity index (χ4n) is 4.23. The molecule has 0 N–H and O–H groups in total. The van der Waals surface area contributed by atoms with E-state index >= 15 is 0 Å². The van der Waals surface area contributed by atoms with E-state index in [9.17, 15) is 13.2 Å². The zero-order valence-electron chi connectivity index (χ0n) is 18.6. The van der Waals surface area contributed by atoms with E-state index in [1.807, 2.05) is 48.4 Å². The summed E-state index contributed by atoms with van der Waals surface area (Å²) in [5.41, 5.74) is 2.07. The molecule has 1 aliphatic rings. The van der Waals surface area contributed by atoms with Gasteiger partial charge in [-0.05, 0) is 59.2 Å². The summed E-state index contributed by atoms with van der Waals surface area (Å²) in [6, 6.07) is 17.6. The van der Waals surface area contributed by atoms with Crippen molar-refractivity contribution in [3.8, 4) is 0 Å². The highest BCUT2D eigenvalue weighted by atomic mass is 35.5. The van der Waals surface area contributed by atoms with Crippen LogP contribution in [0.3, 0.4) is 0 Å².